The summed E-state index contributed by atoms with van der Waals surface area (Å²) >= 11 is 9.68. The second-order valence-electron chi connectivity index (χ2n) is 7.68. The van der Waals surface area contributed by atoms with E-state index in [0.29, 0.717) is 18.0 Å². The number of ether oxygens (including phenoxy) is 1. The monoisotopic (exact) mass is 606 g/mol. The van der Waals surface area contributed by atoms with Crippen molar-refractivity contribution in [1.29, 1.82) is 0 Å². The summed E-state index contributed by atoms with van der Waals surface area (Å²) in [7, 11) is 3.41. The molecule has 0 saturated carbocycles. The average Bonchev–Trinajstić information content (AvgIpc) is 3.61. The van der Waals surface area contributed by atoms with E-state index >= 15 is 0 Å². The Morgan fingerprint density at radius 2 is 2.06 bits per heavy atom. The number of anilines is 1. The lowest BCUT2D eigenvalue weighted by Gasteiger charge is -2.12. The third-order valence-corrected chi connectivity index (χ3v) is 10.4. The van der Waals surface area contributed by atoms with E-state index in [9.17, 15) is 9.59 Å². The molecule has 0 radical (unpaired) electrons. The third kappa shape index (κ3) is 4.55. The number of nitrogens with zero attached hydrogens (tertiary/aromatic N) is 3. The highest BCUT2D eigenvalue weighted by atomic mass is 79.9. The molecule has 0 spiro atoms. The summed E-state index contributed by atoms with van der Waals surface area (Å²) in [4.78, 5) is 29.4. The predicted octanol–water partition coefficient (Wildman–Crippen LogP) is 4.07. The third-order valence-electron chi connectivity index (χ3n) is 5.63. The summed E-state index contributed by atoms with van der Waals surface area (Å²) < 4.78 is 11.5. The van der Waals surface area contributed by atoms with Crippen LogP contribution in [0.2, 0.25) is 0 Å². The topological polar surface area (TPSA) is 55.4 Å². The van der Waals surface area contributed by atoms with Crippen LogP contribution in [0.1, 0.15) is 27.2 Å². The molecule has 0 atom stereocenters. The molecule has 1 aliphatic heterocycles. The van der Waals surface area contributed by atoms with Crippen LogP contribution in [0.3, 0.4) is 0 Å². The van der Waals surface area contributed by atoms with Crippen LogP contribution in [0.25, 0.3) is 11.1 Å². The Bertz CT molecular complexity index is 1620. The summed E-state index contributed by atoms with van der Waals surface area (Å²) in [5.41, 5.74) is 2.05. The SMILES string of the molecule is CCn1c(=O)/c(=C2\Sc3cc(Br)ccc3N2C)s/c1=C\c1scc[n+]1Cc1ccsc1C(=O)OC. The zero-order valence-electron chi connectivity index (χ0n) is 19.1. The lowest BCUT2D eigenvalue weighted by Crippen LogP contribution is -2.36. The van der Waals surface area contributed by atoms with Crippen molar-refractivity contribution >= 4 is 84.5 Å². The first-order chi connectivity index (χ1) is 16.9. The molecule has 0 amide bonds. The molecule has 1 aliphatic rings. The molecule has 1 aromatic carbocycles. The summed E-state index contributed by atoms with van der Waals surface area (Å²) in [6.07, 6.45) is 4.07. The lowest BCUT2D eigenvalue weighted by atomic mass is 10.2. The highest BCUT2D eigenvalue weighted by Gasteiger charge is 2.25. The maximum Gasteiger partial charge on any atom is 0.348 e. The smallest absolute Gasteiger partial charge is 0.348 e. The number of methoxy groups -OCH3 is 1. The second kappa shape index (κ2) is 10.1. The van der Waals surface area contributed by atoms with E-state index < -0.39 is 0 Å². The zero-order chi connectivity index (χ0) is 24.7. The number of rotatable bonds is 5. The highest BCUT2D eigenvalue weighted by Crippen LogP contribution is 2.46. The van der Waals surface area contributed by atoms with Crippen LogP contribution in [0, 0.1) is 0 Å². The predicted molar refractivity (Wildman–Crippen MR) is 148 cm³/mol. The van der Waals surface area contributed by atoms with Crippen LogP contribution < -0.4 is 24.2 Å². The van der Waals surface area contributed by atoms with Crippen molar-refractivity contribution < 1.29 is 14.1 Å². The van der Waals surface area contributed by atoms with Gasteiger partial charge in [-0.15, -0.1) is 22.7 Å². The number of halogens is 1. The van der Waals surface area contributed by atoms with Crippen molar-refractivity contribution in [2.45, 2.75) is 24.9 Å². The molecule has 0 saturated heterocycles. The van der Waals surface area contributed by atoms with E-state index in [-0.39, 0.29) is 11.5 Å². The van der Waals surface area contributed by atoms with E-state index in [4.69, 9.17) is 4.74 Å². The van der Waals surface area contributed by atoms with Crippen LogP contribution in [0.5, 0.6) is 0 Å². The number of thioether (sulfide) groups is 1. The Balaban J connectivity index is 1.58. The number of hydrogen-bond donors (Lipinski definition) is 0. The first-order valence-electron chi connectivity index (χ1n) is 10.7. The van der Waals surface area contributed by atoms with Gasteiger partial charge in [-0.3, -0.25) is 9.36 Å². The normalized spacial score (nSPS) is 15.1. The molecule has 0 N–H and O–H groups in total. The molecule has 0 aliphatic carbocycles. The summed E-state index contributed by atoms with van der Waals surface area (Å²) in [5.74, 6) is -0.317. The van der Waals surface area contributed by atoms with Gasteiger partial charge in [-0.1, -0.05) is 39.0 Å². The second-order valence-corrected chi connectivity index (χ2v) is 12.5. The number of carbonyl (C=O) groups excluding carboxylic acids is 1. The van der Waals surface area contributed by atoms with Crippen molar-refractivity contribution in [3.8, 4) is 0 Å². The van der Waals surface area contributed by atoms with Crippen molar-refractivity contribution in [1.82, 2.24) is 4.57 Å². The average molecular weight is 608 g/mol. The summed E-state index contributed by atoms with van der Waals surface area (Å²) in [6.45, 7) is 3.13. The van der Waals surface area contributed by atoms with Gasteiger partial charge in [-0.05, 0) is 36.6 Å². The number of hydrogen-bond acceptors (Lipinski definition) is 8. The minimum atomic E-state index is -0.317. The Hall–Kier alpha value is -2.18. The number of benzene rings is 1. The van der Waals surface area contributed by atoms with E-state index in [1.807, 2.05) is 47.6 Å². The molecular weight excluding hydrogens is 586 g/mol. The molecular formula is C24H21BrN3O3S4+. The Morgan fingerprint density at radius 1 is 1.23 bits per heavy atom. The van der Waals surface area contributed by atoms with Crippen LogP contribution in [-0.4, -0.2) is 24.7 Å². The van der Waals surface area contributed by atoms with Gasteiger partial charge in [0.05, 0.1) is 24.3 Å². The minimum Gasteiger partial charge on any atom is -0.465 e. The van der Waals surface area contributed by atoms with Crippen molar-refractivity contribution in [3.63, 3.8) is 0 Å². The first kappa shape index (κ1) is 24.5. The van der Waals surface area contributed by atoms with E-state index in [1.54, 1.807) is 23.1 Å². The van der Waals surface area contributed by atoms with Crippen LogP contribution >= 0.6 is 61.7 Å². The van der Waals surface area contributed by atoms with Gasteiger partial charge in [0, 0.05) is 28.5 Å². The van der Waals surface area contributed by atoms with Gasteiger partial charge in [0.15, 0.2) is 12.7 Å². The van der Waals surface area contributed by atoms with Gasteiger partial charge in [0.25, 0.3) is 10.6 Å². The molecule has 0 fully saturated rings. The number of thiophene rings is 1. The fourth-order valence-electron chi connectivity index (χ4n) is 3.88. The van der Waals surface area contributed by atoms with Gasteiger partial charge in [0.2, 0.25) is 0 Å². The van der Waals surface area contributed by atoms with E-state index in [2.05, 4.69) is 43.6 Å². The largest absolute Gasteiger partial charge is 0.465 e. The van der Waals surface area contributed by atoms with Gasteiger partial charge >= 0.3 is 5.97 Å². The Kier molecular flexibility index (Phi) is 7.04. The van der Waals surface area contributed by atoms with Crippen LogP contribution in [0.4, 0.5) is 5.69 Å². The van der Waals surface area contributed by atoms with Crippen molar-refractivity contribution in [2.75, 3.05) is 19.1 Å². The number of carbonyl (C=O) groups is 1. The fourth-order valence-corrected chi connectivity index (χ4v) is 8.58. The number of esters is 1. The molecule has 35 heavy (non-hydrogen) atoms. The molecule has 4 aromatic rings. The molecule has 3 aromatic heterocycles. The molecule has 5 rings (SSSR count). The number of thiazole rings is 2. The summed E-state index contributed by atoms with van der Waals surface area (Å²) in [5, 5.41) is 5.88. The van der Waals surface area contributed by atoms with Gasteiger partial charge < -0.3 is 9.64 Å². The van der Waals surface area contributed by atoms with E-state index in [0.717, 1.165) is 39.9 Å². The minimum absolute atomic E-state index is 0.0268. The van der Waals surface area contributed by atoms with Crippen molar-refractivity contribution in [2.24, 2.45) is 0 Å². The molecule has 180 valence electrons. The fraction of sp³-hybridized carbons (Fsp3) is 0.208. The highest BCUT2D eigenvalue weighted by molar-refractivity contribution is 9.10. The Labute approximate surface area is 226 Å². The quantitative estimate of drug-likeness (QED) is 0.253. The molecule has 4 heterocycles. The molecule has 11 heteroatoms. The molecule has 0 bridgehead atoms. The maximum atomic E-state index is 13.4. The standard InChI is InChI=1S/C24H21BrN3O3S4/c1-4-28-19(12-18-27(8-10-32-18)13-14-7-9-33-20(14)24(30)31-3)35-21(22(28)29)23-26(2)16-6-5-15(25)11-17(16)34-23/h5-12H,4,13H2,1-3H3/q+1/b23-21+. The number of aromatic nitrogens is 2. The zero-order valence-corrected chi connectivity index (χ0v) is 24.0. The first-order valence-corrected chi connectivity index (χ1v) is 14.9. The Morgan fingerprint density at radius 3 is 2.83 bits per heavy atom. The van der Waals surface area contributed by atoms with Crippen molar-refractivity contribution in [3.05, 3.63) is 80.7 Å². The van der Waals surface area contributed by atoms with E-state index in [1.165, 1.54) is 29.8 Å². The molecule has 0 unspecified atom stereocenters. The van der Waals surface area contributed by atoms with Crippen LogP contribution in [-0.2, 0) is 17.8 Å². The number of fused-ring (bicyclic) bond motifs is 1. The summed E-state index contributed by atoms with van der Waals surface area (Å²) in [6, 6.07) is 8.13. The van der Waals surface area contributed by atoms with Gasteiger partial charge in [-0.25, -0.2) is 4.79 Å². The van der Waals surface area contributed by atoms with Gasteiger partial charge in [0.1, 0.15) is 19.1 Å². The lowest BCUT2D eigenvalue weighted by molar-refractivity contribution is -0.685. The maximum absolute atomic E-state index is 13.4. The molecule has 6 nitrogen and oxygen atoms in total. The van der Waals surface area contributed by atoms with Crippen LogP contribution in [0.15, 0.2) is 55.4 Å². The van der Waals surface area contributed by atoms with Gasteiger partial charge in [-0.2, -0.15) is 4.57 Å².